The van der Waals surface area contributed by atoms with Crippen LogP contribution >= 0.6 is 0 Å². The number of benzene rings is 1. The molecule has 34 heavy (non-hydrogen) atoms. The molecule has 0 N–H and O–H groups in total. The van der Waals surface area contributed by atoms with Gasteiger partial charge in [0.15, 0.2) is 11.5 Å². The summed E-state index contributed by atoms with van der Waals surface area (Å²) in [5.41, 5.74) is 4.24. The lowest BCUT2D eigenvalue weighted by Crippen LogP contribution is -2.47. The minimum atomic E-state index is 0.0377. The zero-order valence-corrected chi connectivity index (χ0v) is 19.5. The van der Waals surface area contributed by atoms with Crippen LogP contribution in [0.25, 0.3) is 16.7 Å². The van der Waals surface area contributed by atoms with Gasteiger partial charge < -0.3 is 14.2 Å². The van der Waals surface area contributed by atoms with Crippen LogP contribution in [0, 0.1) is 11.8 Å². The molecule has 2 saturated heterocycles. The second kappa shape index (κ2) is 9.09. The van der Waals surface area contributed by atoms with Crippen LogP contribution in [-0.2, 0) is 11.2 Å². The maximum atomic E-state index is 13.5. The number of pyridine rings is 1. The Bertz CT molecular complexity index is 1290. The Morgan fingerprint density at radius 3 is 2.59 bits per heavy atom. The molecule has 174 valence electrons. The summed E-state index contributed by atoms with van der Waals surface area (Å²) in [6.45, 7) is 3.42. The number of carbonyl (C=O) groups is 1. The average Bonchev–Trinajstić information content (AvgIpc) is 3.39. The van der Waals surface area contributed by atoms with E-state index in [1.54, 1.807) is 6.20 Å². The van der Waals surface area contributed by atoms with E-state index in [4.69, 9.17) is 4.98 Å². The molecule has 2 aliphatic rings. The van der Waals surface area contributed by atoms with Gasteiger partial charge in [0.1, 0.15) is 0 Å². The molecular weight excluding hydrogens is 422 g/mol. The van der Waals surface area contributed by atoms with Gasteiger partial charge in [-0.2, -0.15) is 0 Å². The molecule has 0 saturated carbocycles. The van der Waals surface area contributed by atoms with Crippen LogP contribution in [0.15, 0.2) is 67.0 Å². The highest BCUT2D eigenvalue weighted by Gasteiger charge is 2.32. The van der Waals surface area contributed by atoms with Crippen LogP contribution in [0.3, 0.4) is 0 Å². The van der Waals surface area contributed by atoms with Gasteiger partial charge >= 0.3 is 0 Å². The van der Waals surface area contributed by atoms with Gasteiger partial charge in [-0.25, -0.2) is 9.97 Å². The summed E-state index contributed by atoms with van der Waals surface area (Å²) in [5, 5.41) is 0. The van der Waals surface area contributed by atoms with E-state index in [1.807, 2.05) is 6.07 Å². The van der Waals surface area contributed by atoms with Crippen molar-refractivity contribution >= 4 is 28.4 Å². The molecule has 1 amide bonds. The number of anilines is 1. The van der Waals surface area contributed by atoms with Gasteiger partial charge in [0.2, 0.25) is 5.91 Å². The Kier molecular flexibility index (Phi) is 5.65. The molecule has 1 aromatic carbocycles. The number of piperidine rings is 2. The van der Waals surface area contributed by atoms with Gasteiger partial charge in [0.05, 0.1) is 17.0 Å². The molecule has 2 fully saturated rings. The van der Waals surface area contributed by atoms with Crippen LogP contribution in [0.5, 0.6) is 0 Å². The molecule has 5 heterocycles. The van der Waals surface area contributed by atoms with Gasteiger partial charge in [0, 0.05) is 38.6 Å². The van der Waals surface area contributed by atoms with Crippen LogP contribution in [-0.4, -0.2) is 51.4 Å². The van der Waals surface area contributed by atoms with Crippen LogP contribution in [0.2, 0.25) is 0 Å². The second-order valence-corrected chi connectivity index (χ2v) is 9.79. The quantitative estimate of drug-likeness (QED) is 0.454. The summed E-state index contributed by atoms with van der Waals surface area (Å²) in [6.07, 6.45) is 9.14. The maximum absolute atomic E-state index is 13.5. The smallest absolute Gasteiger partial charge is 0.227 e. The Labute approximate surface area is 200 Å². The van der Waals surface area contributed by atoms with E-state index in [1.165, 1.54) is 5.56 Å². The van der Waals surface area contributed by atoms with Crippen LogP contribution < -0.4 is 4.90 Å². The number of aromatic nitrogens is 3. The van der Waals surface area contributed by atoms with Crippen molar-refractivity contribution in [2.75, 3.05) is 31.1 Å². The van der Waals surface area contributed by atoms with E-state index >= 15 is 0 Å². The van der Waals surface area contributed by atoms with E-state index in [0.29, 0.717) is 11.8 Å². The Morgan fingerprint density at radius 1 is 0.912 bits per heavy atom. The van der Waals surface area contributed by atoms with Crippen LogP contribution in [0.1, 0.15) is 31.2 Å². The van der Waals surface area contributed by atoms with E-state index in [9.17, 15) is 4.79 Å². The summed E-state index contributed by atoms with van der Waals surface area (Å²) in [4.78, 5) is 27.3. The van der Waals surface area contributed by atoms with Crippen molar-refractivity contribution in [3.63, 3.8) is 0 Å². The Hall–Kier alpha value is -3.41. The van der Waals surface area contributed by atoms with Gasteiger partial charge in [-0.3, -0.25) is 4.79 Å². The van der Waals surface area contributed by atoms with Crippen molar-refractivity contribution in [2.45, 2.75) is 32.1 Å². The Morgan fingerprint density at radius 2 is 1.74 bits per heavy atom. The van der Waals surface area contributed by atoms with Gasteiger partial charge in [-0.15, -0.1) is 0 Å². The number of amides is 1. The molecule has 1 atom stereocenters. The molecule has 2 aliphatic heterocycles. The Balaban J connectivity index is 1.15. The third-order valence-corrected chi connectivity index (χ3v) is 7.58. The molecule has 0 spiro atoms. The first-order valence-corrected chi connectivity index (χ1v) is 12.6. The first kappa shape index (κ1) is 21.1. The molecule has 6 heteroatoms. The summed E-state index contributed by atoms with van der Waals surface area (Å²) in [5.74, 6) is 1.98. The highest BCUT2D eigenvalue weighted by atomic mass is 16.2. The predicted molar refractivity (Wildman–Crippen MR) is 135 cm³/mol. The van der Waals surface area contributed by atoms with Crippen molar-refractivity contribution in [3.05, 3.63) is 72.6 Å². The third kappa shape index (κ3) is 4.02. The molecule has 0 unspecified atom stereocenters. The highest BCUT2D eigenvalue weighted by Crippen LogP contribution is 2.30. The van der Waals surface area contributed by atoms with E-state index < -0.39 is 0 Å². The fraction of sp³-hybridized carbons (Fsp3) is 0.393. The van der Waals surface area contributed by atoms with Crippen molar-refractivity contribution in [2.24, 2.45) is 11.8 Å². The number of likely N-dealkylation sites (tertiary alicyclic amines) is 1. The lowest BCUT2D eigenvalue weighted by atomic mass is 9.89. The first-order chi connectivity index (χ1) is 16.8. The maximum Gasteiger partial charge on any atom is 0.227 e. The average molecular weight is 454 g/mol. The van der Waals surface area contributed by atoms with E-state index in [0.717, 1.165) is 80.8 Å². The highest BCUT2D eigenvalue weighted by molar-refractivity contribution is 5.84. The van der Waals surface area contributed by atoms with Crippen molar-refractivity contribution in [1.29, 1.82) is 0 Å². The molecule has 0 radical (unpaired) electrons. The number of fused-ring (bicyclic) bond motifs is 3. The fourth-order valence-corrected chi connectivity index (χ4v) is 5.76. The standard InChI is InChI=1S/C28H31N5O/c34-28(31-17-12-22(13-18-31)19-21-7-2-1-3-8-21)23-9-5-15-32(20-23)27-25-11-6-16-33(25)24-10-4-14-29-26(24)30-27/h1-4,6-8,10-11,14,16,22-23H,5,9,12-13,15,17-20H2/t23-/m1/s1. The van der Waals surface area contributed by atoms with Crippen molar-refractivity contribution in [1.82, 2.24) is 19.3 Å². The largest absolute Gasteiger partial charge is 0.354 e. The summed E-state index contributed by atoms with van der Waals surface area (Å²) in [6, 6.07) is 18.9. The third-order valence-electron chi connectivity index (χ3n) is 7.58. The molecule has 4 aromatic rings. The summed E-state index contributed by atoms with van der Waals surface area (Å²) < 4.78 is 2.16. The number of hydrogen-bond donors (Lipinski definition) is 0. The SMILES string of the molecule is O=C([C@@H]1CCCN(c2nc3ncccc3n3cccc23)C1)N1CCC(Cc2ccccc2)CC1. The second-order valence-electron chi connectivity index (χ2n) is 9.79. The summed E-state index contributed by atoms with van der Waals surface area (Å²) >= 11 is 0. The normalized spacial score (nSPS) is 19.7. The fourth-order valence-electron chi connectivity index (χ4n) is 5.76. The minimum absolute atomic E-state index is 0.0377. The lowest BCUT2D eigenvalue weighted by molar-refractivity contribution is -0.137. The van der Waals surface area contributed by atoms with Crippen molar-refractivity contribution < 1.29 is 4.79 Å². The van der Waals surface area contributed by atoms with E-state index in [-0.39, 0.29) is 5.92 Å². The number of carbonyl (C=O) groups excluding carboxylic acids is 1. The monoisotopic (exact) mass is 453 g/mol. The minimum Gasteiger partial charge on any atom is -0.354 e. The molecule has 6 rings (SSSR count). The molecule has 3 aromatic heterocycles. The summed E-state index contributed by atoms with van der Waals surface area (Å²) in [7, 11) is 0. The van der Waals surface area contributed by atoms with Gasteiger partial charge in [-0.1, -0.05) is 30.3 Å². The lowest BCUT2D eigenvalue weighted by Gasteiger charge is -2.38. The molecule has 6 nitrogen and oxygen atoms in total. The number of rotatable bonds is 4. The zero-order valence-electron chi connectivity index (χ0n) is 19.5. The van der Waals surface area contributed by atoms with Gasteiger partial charge in [0.25, 0.3) is 0 Å². The number of hydrogen-bond acceptors (Lipinski definition) is 4. The number of nitrogens with zero attached hydrogens (tertiary/aromatic N) is 5. The predicted octanol–water partition coefficient (Wildman–Crippen LogP) is 4.58. The molecule has 0 aliphatic carbocycles. The zero-order chi connectivity index (χ0) is 22.9. The molecular formula is C28H31N5O. The molecule has 0 bridgehead atoms. The van der Waals surface area contributed by atoms with E-state index in [2.05, 4.69) is 73.9 Å². The van der Waals surface area contributed by atoms with Crippen molar-refractivity contribution in [3.8, 4) is 0 Å². The topological polar surface area (TPSA) is 53.7 Å². The van der Waals surface area contributed by atoms with Gasteiger partial charge in [-0.05, 0) is 67.9 Å². The first-order valence-electron chi connectivity index (χ1n) is 12.6. The van der Waals surface area contributed by atoms with Crippen LogP contribution in [0.4, 0.5) is 5.82 Å².